The van der Waals surface area contributed by atoms with E-state index in [1.807, 2.05) is 36.4 Å². The van der Waals surface area contributed by atoms with Crippen LogP contribution in [0, 0.1) is 11.8 Å². The van der Waals surface area contributed by atoms with Crippen LogP contribution >= 0.6 is 0 Å². The number of carbonyl (C=O) groups excluding carboxylic acids is 1. The Labute approximate surface area is 218 Å². The minimum atomic E-state index is -0.838. The highest BCUT2D eigenvalue weighted by Crippen LogP contribution is 2.41. The van der Waals surface area contributed by atoms with E-state index in [9.17, 15) is 14.4 Å². The summed E-state index contributed by atoms with van der Waals surface area (Å²) in [5.41, 5.74) is 0.358. The van der Waals surface area contributed by atoms with Gasteiger partial charge in [-0.2, -0.15) is 4.98 Å². The molecule has 3 fully saturated rings. The smallest absolute Gasteiger partial charge is 0.351 e. The Bertz CT molecular complexity index is 1240. The van der Waals surface area contributed by atoms with E-state index in [4.69, 9.17) is 24.1 Å². The molecule has 1 saturated carbocycles. The second kappa shape index (κ2) is 11.4. The topological polar surface area (TPSA) is 150 Å². The van der Waals surface area contributed by atoms with E-state index in [0.717, 1.165) is 5.56 Å². The number of ether oxygens (including phenoxy) is 4. The van der Waals surface area contributed by atoms with Gasteiger partial charge in [0.15, 0.2) is 12.5 Å². The van der Waals surface area contributed by atoms with Crippen LogP contribution in [0.15, 0.2) is 53.5 Å². The quantitative estimate of drug-likeness (QED) is 0.421. The third kappa shape index (κ3) is 5.94. The lowest BCUT2D eigenvalue weighted by Gasteiger charge is -2.20. The standard InChI is InChI=1S/C26H30N4O8/c1-2-27-25(33)28-19-10-11-30(26(34)29-19)23-22-21(18(36-23)14-35-13-16-12-17(16)24(31)32)37-20(38-22)9-8-15-6-4-3-5-7-15/h3-11,16-18,20-23H,2,12-14H2,1H3,(H,31,32)(H2,27,28,29,33,34)/b9-8+/t16?,17?,18-,20+,21?,22+,23-/m1/s1. The van der Waals surface area contributed by atoms with E-state index in [1.54, 1.807) is 13.0 Å². The molecule has 3 N–H and O–H groups in total. The highest BCUT2D eigenvalue weighted by Gasteiger charge is 2.53. The first-order chi connectivity index (χ1) is 18.4. The molecule has 0 spiro atoms. The predicted molar refractivity (Wildman–Crippen MR) is 134 cm³/mol. The number of fused-ring (bicyclic) bond motifs is 1. The zero-order valence-electron chi connectivity index (χ0n) is 20.8. The maximum atomic E-state index is 12.9. The molecule has 12 heteroatoms. The third-order valence-electron chi connectivity index (χ3n) is 6.65. The average molecular weight is 527 g/mol. The van der Waals surface area contributed by atoms with Crippen molar-refractivity contribution in [3.05, 3.63) is 64.7 Å². The molecular weight excluding hydrogens is 496 g/mol. The van der Waals surface area contributed by atoms with Crippen molar-refractivity contribution in [2.45, 2.75) is 44.2 Å². The molecule has 2 saturated heterocycles. The fourth-order valence-electron chi connectivity index (χ4n) is 4.63. The van der Waals surface area contributed by atoms with E-state index >= 15 is 0 Å². The van der Waals surface area contributed by atoms with Crippen molar-refractivity contribution in [3.8, 4) is 0 Å². The van der Waals surface area contributed by atoms with Gasteiger partial charge in [0.25, 0.3) is 0 Å². The van der Waals surface area contributed by atoms with Crippen molar-refractivity contribution in [1.82, 2.24) is 14.9 Å². The number of carboxylic acid groups (broad SMARTS) is 1. The van der Waals surface area contributed by atoms with Crippen LogP contribution in [-0.4, -0.2) is 71.0 Å². The summed E-state index contributed by atoms with van der Waals surface area (Å²) in [5, 5.41) is 14.2. The van der Waals surface area contributed by atoms with Gasteiger partial charge in [0.1, 0.15) is 24.1 Å². The molecule has 7 atom stereocenters. The lowest BCUT2D eigenvalue weighted by molar-refractivity contribution is -0.142. The molecule has 2 aromatic rings. The Balaban J connectivity index is 1.29. The molecule has 2 aliphatic heterocycles. The number of hydrogen-bond donors (Lipinski definition) is 3. The van der Waals surface area contributed by atoms with Gasteiger partial charge < -0.3 is 29.4 Å². The lowest BCUT2D eigenvalue weighted by Crippen LogP contribution is -2.35. The Hall–Kier alpha value is -3.58. The normalized spacial score (nSPS) is 29.8. The molecule has 12 nitrogen and oxygen atoms in total. The number of aromatic nitrogens is 2. The van der Waals surface area contributed by atoms with Crippen LogP contribution in [0.4, 0.5) is 10.6 Å². The van der Waals surface area contributed by atoms with Crippen LogP contribution in [0.3, 0.4) is 0 Å². The van der Waals surface area contributed by atoms with E-state index in [-0.39, 0.29) is 24.3 Å². The molecular formula is C26H30N4O8. The number of nitrogens with one attached hydrogen (secondary N) is 2. The highest BCUT2D eigenvalue weighted by atomic mass is 16.8. The number of hydrogen-bond acceptors (Lipinski definition) is 8. The summed E-state index contributed by atoms with van der Waals surface area (Å²) >= 11 is 0. The first kappa shape index (κ1) is 26.0. The Morgan fingerprint density at radius 3 is 2.66 bits per heavy atom. The molecule has 0 radical (unpaired) electrons. The zero-order chi connectivity index (χ0) is 26.6. The number of rotatable bonds is 10. The van der Waals surface area contributed by atoms with Gasteiger partial charge in [-0.3, -0.25) is 14.7 Å². The molecule has 3 aliphatic rings. The summed E-state index contributed by atoms with van der Waals surface area (Å²) in [6, 6.07) is 10.7. The van der Waals surface area contributed by atoms with Crippen molar-refractivity contribution < 1.29 is 33.6 Å². The molecule has 1 aromatic heterocycles. The molecule has 3 heterocycles. The van der Waals surface area contributed by atoms with Gasteiger partial charge >= 0.3 is 17.7 Å². The molecule has 202 valence electrons. The van der Waals surface area contributed by atoms with Crippen LogP contribution in [-0.2, 0) is 23.7 Å². The van der Waals surface area contributed by atoms with Crippen LogP contribution in [0.2, 0.25) is 0 Å². The molecule has 1 aliphatic carbocycles. The van der Waals surface area contributed by atoms with Gasteiger partial charge in [0, 0.05) is 12.7 Å². The second-order valence-electron chi connectivity index (χ2n) is 9.37. The maximum Gasteiger partial charge on any atom is 0.351 e. The van der Waals surface area contributed by atoms with Crippen molar-refractivity contribution in [3.63, 3.8) is 0 Å². The summed E-state index contributed by atoms with van der Waals surface area (Å²) in [7, 11) is 0. The van der Waals surface area contributed by atoms with Gasteiger partial charge in [-0.1, -0.05) is 36.4 Å². The van der Waals surface area contributed by atoms with Crippen molar-refractivity contribution in [1.29, 1.82) is 0 Å². The van der Waals surface area contributed by atoms with E-state index < -0.39 is 48.5 Å². The highest BCUT2D eigenvalue weighted by molar-refractivity contribution is 5.87. The van der Waals surface area contributed by atoms with Gasteiger partial charge in [0.05, 0.1) is 19.1 Å². The summed E-state index contributed by atoms with van der Waals surface area (Å²) in [6.07, 6.45) is 2.56. The number of anilines is 1. The van der Waals surface area contributed by atoms with Gasteiger partial charge in [0.2, 0.25) is 0 Å². The summed E-state index contributed by atoms with van der Waals surface area (Å²) < 4.78 is 25.5. The Morgan fingerprint density at radius 1 is 1.16 bits per heavy atom. The fraction of sp³-hybridized carbons (Fsp3) is 0.462. The van der Waals surface area contributed by atoms with Crippen LogP contribution < -0.4 is 16.3 Å². The fourth-order valence-corrected chi connectivity index (χ4v) is 4.63. The molecule has 3 unspecified atom stereocenters. The number of aliphatic carboxylic acids is 1. The summed E-state index contributed by atoms with van der Waals surface area (Å²) in [4.78, 5) is 39.7. The third-order valence-corrected chi connectivity index (χ3v) is 6.65. The Kier molecular flexibility index (Phi) is 7.84. The number of nitrogens with zero attached hydrogens (tertiary/aromatic N) is 2. The Morgan fingerprint density at radius 2 is 1.95 bits per heavy atom. The van der Waals surface area contributed by atoms with Crippen LogP contribution in [0.5, 0.6) is 0 Å². The molecule has 38 heavy (non-hydrogen) atoms. The summed E-state index contributed by atoms with van der Waals surface area (Å²) in [6.45, 7) is 2.66. The molecule has 2 amide bonds. The maximum absolute atomic E-state index is 12.9. The number of urea groups is 1. The number of benzene rings is 1. The number of amides is 2. The van der Waals surface area contributed by atoms with Gasteiger partial charge in [-0.05, 0) is 37.0 Å². The number of carboxylic acids is 1. The monoisotopic (exact) mass is 526 g/mol. The zero-order valence-corrected chi connectivity index (χ0v) is 20.8. The van der Waals surface area contributed by atoms with E-state index in [0.29, 0.717) is 19.6 Å². The van der Waals surface area contributed by atoms with E-state index in [2.05, 4.69) is 15.6 Å². The largest absolute Gasteiger partial charge is 0.481 e. The summed E-state index contributed by atoms with van der Waals surface area (Å²) in [5.74, 6) is -1.08. The van der Waals surface area contributed by atoms with Crippen molar-refractivity contribution >= 4 is 23.9 Å². The second-order valence-corrected chi connectivity index (χ2v) is 9.37. The minimum absolute atomic E-state index is 0.0143. The first-order valence-electron chi connectivity index (χ1n) is 12.6. The number of carbonyl (C=O) groups is 2. The van der Waals surface area contributed by atoms with E-state index in [1.165, 1.54) is 16.8 Å². The average Bonchev–Trinajstić information content (AvgIpc) is 3.44. The molecule has 5 rings (SSSR count). The van der Waals surface area contributed by atoms with Gasteiger partial charge in [-0.15, -0.1) is 0 Å². The van der Waals surface area contributed by atoms with Crippen molar-refractivity contribution in [2.24, 2.45) is 11.8 Å². The lowest BCUT2D eigenvalue weighted by atomic mass is 10.1. The van der Waals surface area contributed by atoms with Crippen LogP contribution in [0.25, 0.3) is 6.08 Å². The predicted octanol–water partition coefficient (Wildman–Crippen LogP) is 1.84. The minimum Gasteiger partial charge on any atom is -0.481 e. The molecule has 0 bridgehead atoms. The first-order valence-corrected chi connectivity index (χ1v) is 12.6. The SMILES string of the molecule is CCNC(=O)Nc1ccn([C@@H]2O[C@H](COCC3CC3C(=O)O)C3O[C@H](/C=C/c4ccccc4)O[C@@H]32)c(=O)n1. The van der Waals surface area contributed by atoms with Gasteiger partial charge in [-0.25, -0.2) is 9.59 Å². The molecule has 1 aromatic carbocycles. The van der Waals surface area contributed by atoms with Crippen molar-refractivity contribution in [2.75, 3.05) is 25.1 Å². The van der Waals surface area contributed by atoms with Crippen LogP contribution in [0.1, 0.15) is 25.1 Å².